The van der Waals surface area contributed by atoms with Gasteiger partial charge in [-0.15, -0.1) is 0 Å². The number of para-hydroxylation sites is 1. The van der Waals surface area contributed by atoms with Gasteiger partial charge in [0.2, 0.25) is 0 Å². The van der Waals surface area contributed by atoms with Crippen molar-refractivity contribution in [1.82, 2.24) is 14.8 Å². The second-order valence-corrected chi connectivity index (χ2v) is 7.90. The number of benzene rings is 2. The Morgan fingerprint density at radius 1 is 1.17 bits per heavy atom. The van der Waals surface area contributed by atoms with Gasteiger partial charge in [0.1, 0.15) is 6.33 Å². The number of nitrogens with zero attached hydrogens (tertiary/aromatic N) is 4. The summed E-state index contributed by atoms with van der Waals surface area (Å²) in [7, 11) is 0. The third-order valence-electron chi connectivity index (χ3n) is 5.35. The van der Waals surface area contributed by atoms with Gasteiger partial charge in [-0.1, -0.05) is 39.0 Å². The molecule has 29 heavy (non-hydrogen) atoms. The zero-order valence-electron chi connectivity index (χ0n) is 17.1. The van der Waals surface area contributed by atoms with Gasteiger partial charge in [-0.3, -0.25) is 9.59 Å². The Kier molecular flexibility index (Phi) is 4.78. The highest BCUT2D eigenvalue weighted by Crippen LogP contribution is 2.31. The molecule has 0 saturated heterocycles. The zero-order valence-corrected chi connectivity index (χ0v) is 17.1. The smallest absolute Gasteiger partial charge is 0.258 e. The molecule has 0 spiro atoms. The highest BCUT2D eigenvalue weighted by Gasteiger charge is 2.33. The molecule has 6 heteroatoms. The molecule has 2 heterocycles. The Morgan fingerprint density at radius 2 is 1.93 bits per heavy atom. The number of carbonyl (C=O) groups excluding carboxylic acids is 2. The SMILES string of the molecule is Cc1ccc(-n2cnc(C(C)C)n2)cc1C(=O)N1CC(C)C(=O)c2ccccc21. The van der Waals surface area contributed by atoms with Crippen molar-refractivity contribution >= 4 is 17.4 Å². The fraction of sp³-hybridized carbons (Fsp3) is 0.304. The van der Waals surface area contributed by atoms with Gasteiger partial charge in [-0.05, 0) is 36.8 Å². The Balaban J connectivity index is 1.74. The maximum atomic E-state index is 13.5. The lowest BCUT2D eigenvalue weighted by Gasteiger charge is -2.32. The fourth-order valence-electron chi connectivity index (χ4n) is 3.62. The number of amides is 1. The van der Waals surface area contributed by atoms with E-state index in [-0.39, 0.29) is 23.5 Å². The maximum absolute atomic E-state index is 13.5. The molecule has 1 amide bonds. The molecular formula is C23H24N4O2. The van der Waals surface area contributed by atoms with Crippen molar-refractivity contribution in [2.45, 2.75) is 33.6 Å². The van der Waals surface area contributed by atoms with Crippen LogP contribution >= 0.6 is 0 Å². The molecule has 0 aliphatic carbocycles. The van der Waals surface area contributed by atoms with Crippen molar-refractivity contribution < 1.29 is 9.59 Å². The van der Waals surface area contributed by atoms with Gasteiger partial charge in [0.05, 0.1) is 11.4 Å². The Labute approximate surface area is 170 Å². The molecule has 0 radical (unpaired) electrons. The number of fused-ring (bicyclic) bond motifs is 1. The highest BCUT2D eigenvalue weighted by atomic mass is 16.2. The molecule has 1 aliphatic rings. The van der Waals surface area contributed by atoms with Crippen molar-refractivity contribution in [3.8, 4) is 5.69 Å². The van der Waals surface area contributed by atoms with E-state index in [0.29, 0.717) is 23.4 Å². The van der Waals surface area contributed by atoms with E-state index in [9.17, 15) is 9.59 Å². The van der Waals surface area contributed by atoms with E-state index >= 15 is 0 Å². The monoisotopic (exact) mass is 388 g/mol. The summed E-state index contributed by atoms with van der Waals surface area (Å²) in [5.41, 5.74) is 3.54. The second kappa shape index (κ2) is 7.28. The minimum Gasteiger partial charge on any atom is -0.307 e. The van der Waals surface area contributed by atoms with E-state index in [1.165, 1.54) is 0 Å². The summed E-state index contributed by atoms with van der Waals surface area (Å²) >= 11 is 0. The van der Waals surface area contributed by atoms with Crippen LogP contribution in [0.15, 0.2) is 48.8 Å². The molecule has 3 aromatic rings. The van der Waals surface area contributed by atoms with E-state index in [4.69, 9.17) is 0 Å². The van der Waals surface area contributed by atoms with E-state index in [1.54, 1.807) is 22.0 Å². The van der Waals surface area contributed by atoms with E-state index < -0.39 is 0 Å². The molecule has 4 rings (SSSR count). The summed E-state index contributed by atoms with van der Waals surface area (Å²) in [5.74, 6) is 0.725. The fourth-order valence-corrected chi connectivity index (χ4v) is 3.62. The van der Waals surface area contributed by atoms with Gasteiger partial charge in [-0.25, -0.2) is 9.67 Å². The first-order valence-corrected chi connectivity index (χ1v) is 9.84. The van der Waals surface area contributed by atoms with Crippen LogP contribution in [0.2, 0.25) is 0 Å². The minimum atomic E-state index is -0.235. The lowest BCUT2D eigenvalue weighted by Crippen LogP contribution is -2.42. The number of rotatable bonds is 3. The topological polar surface area (TPSA) is 68.1 Å². The van der Waals surface area contributed by atoms with Gasteiger partial charge in [0.25, 0.3) is 5.91 Å². The van der Waals surface area contributed by atoms with Crippen molar-refractivity contribution in [2.75, 3.05) is 11.4 Å². The third-order valence-corrected chi connectivity index (χ3v) is 5.35. The molecule has 2 aromatic carbocycles. The number of aromatic nitrogens is 3. The van der Waals surface area contributed by atoms with Crippen molar-refractivity contribution in [3.63, 3.8) is 0 Å². The van der Waals surface area contributed by atoms with Crippen LogP contribution < -0.4 is 4.90 Å². The van der Waals surface area contributed by atoms with E-state index in [2.05, 4.69) is 10.1 Å². The largest absolute Gasteiger partial charge is 0.307 e. The summed E-state index contributed by atoms with van der Waals surface area (Å²) in [4.78, 5) is 32.1. The lowest BCUT2D eigenvalue weighted by molar-refractivity contribution is 0.0908. The first kappa shape index (κ1) is 19.1. The number of hydrogen-bond acceptors (Lipinski definition) is 4. The Morgan fingerprint density at radius 3 is 2.66 bits per heavy atom. The predicted molar refractivity (Wildman–Crippen MR) is 112 cm³/mol. The van der Waals surface area contributed by atoms with Crippen molar-refractivity contribution in [3.05, 3.63) is 71.3 Å². The molecule has 0 saturated carbocycles. The molecule has 148 valence electrons. The van der Waals surface area contributed by atoms with Gasteiger partial charge >= 0.3 is 0 Å². The summed E-state index contributed by atoms with van der Waals surface area (Å²) < 4.78 is 1.70. The number of ketones is 1. The molecule has 1 aromatic heterocycles. The summed E-state index contributed by atoms with van der Waals surface area (Å²) in [6.07, 6.45) is 1.67. The van der Waals surface area contributed by atoms with Crippen LogP contribution in [0.3, 0.4) is 0 Å². The van der Waals surface area contributed by atoms with Gasteiger partial charge in [0.15, 0.2) is 11.6 Å². The first-order chi connectivity index (χ1) is 13.9. The van der Waals surface area contributed by atoms with Crippen molar-refractivity contribution in [1.29, 1.82) is 0 Å². The first-order valence-electron chi connectivity index (χ1n) is 9.84. The van der Waals surface area contributed by atoms with Crippen LogP contribution in [0.25, 0.3) is 5.69 Å². The summed E-state index contributed by atoms with van der Waals surface area (Å²) in [6, 6.07) is 13.0. The average Bonchev–Trinajstić information content (AvgIpc) is 3.21. The van der Waals surface area contributed by atoms with Crippen LogP contribution in [0.1, 0.15) is 58.8 Å². The Hall–Kier alpha value is -3.28. The molecule has 0 bridgehead atoms. The molecule has 0 fully saturated rings. The molecule has 6 nitrogen and oxygen atoms in total. The van der Waals surface area contributed by atoms with Crippen LogP contribution in [-0.4, -0.2) is 33.0 Å². The predicted octanol–water partition coefficient (Wildman–Crippen LogP) is 4.18. The van der Waals surface area contributed by atoms with E-state index in [0.717, 1.165) is 17.1 Å². The lowest BCUT2D eigenvalue weighted by atomic mass is 9.91. The molecular weight excluding hydrogens is 364 g/mol. The standard InChI is InChI=1S/C23H24N4O2/c1-14(2)22-24-13-27(25-22)17-10-9-15(3)19(11-17)23(29)26-12-16(4)21(28)18-7-5-6-8-20(18)26/h5-11,13-14,16H,12H2,1-4H3. The van der Waals surface area contributed by atoms with Crippen LogP contribution in [0.5, 0.6) is 0 Å². The van der Waals surface area contributed by atoms with Gasteiger partial charge in [0, 0.05) is 29.5 Å². The molecule has 0 N–H and O–H groups in total. The zero-order chi connectivity index (χ0) is 20.7. The summed E-state index contributed by atoms with van der Waals surface area (Å²) in [5, 5.41) is 4.52. The molecule has 1 atom stereocenters. The Bertz CT molecular complexity index is 1100. The van der Waals surface area contributed by atoms with Gasteiger partial charge < -0.3 is 4.90 Å². The van der Waals surface area contributed by atoms with Crippen LogP contribution in [0, 0.1) is 12.8 Å². The van der Waals surface area contributed by atoms with Crippen molar-refractivity contribution in [2.24, 2.45) is 5.92 Å². The average molecular weight is 388 g/mol. The molecule has 1 aliphatic heterocycles. The van der Waals surface area contributed by atoms with Gasteiger partial charge in [-0.2, -0.15) is 5.10 Å². The van der Waals surface area contributed by atoms with Crippen LogP contribution in [0.4, 0.5) is 5.69 Å². The number of Topliss-reactive ketones (excluding diaryl/α,β-unsaturated/α-hetero) is 1. The van der Waals surface area contributed by atoms with Crippen LogP contribution in [-0.2, 0) is 0 Å². The summed E-state index contributed by atoms with van der Waals surface area (Å²) in [6.45, 7) is 8.24. The number of anilines is 1. The number of hydrogen-bond donors (Lipinski definition) is 0. The quantitative estimate of drug-likeness (QED) is 0.675. The van der Waals surface area contributed by atoms with E-state index in [1.807, 2.05) is 64.1 Å². The molecule has 1 unspecified atom stereocenters. The second-order valence-electron chi connectivity index (χ2n) is 7.90. The maximum Gasteiger partial charge on any atom is 0.258 e. The third kappa shape index (κ3) is 3.35. The highest BCUT2D eigenvalue weighted by molar-refractivity contribution is 6.14. The number of aryl methyl sites for hydroxylation is 1. The normalized spacial score (nSPS) is 16.2. The number of carbonyl (C=O) groups is 2. The minimum absolute atomic E-state index is 0.0824.